The van der Waals surface area contributed by atoms with Gasteiger partial charge in [-0.2, -0.15) is 0 Å². The van der Waals surface area contributed by atoms with Gasteiger partial charge in [-0.15, -0.1) is 0 Å². The molecule has 0 bridgehead atoms. The third kappa shape index (κ3) is 2.92. The minimum Gasteiger partial charge on any atom is -0.436 e. The fraction of sp³-hybridized carbons (Fsp3) is 0. The summed E-state index contributed by atoms with van der Waals surface area (Å²) in [7, 11) is 0. The van der Waals surface area contributed by atoms with E-state index in [1.54, 1.807) is 30.3 Å². The van der Waals surface area contributed by atoms with Gasteiger partial charge in [0.2, 0.25) is 5.89 Å². The van der Waals surface area contributed by atoms with Crippen LogP contribution < -0.4 is 0 Å². The van der Waals surface area contributed by atoms with E-state index >= 15 is 0 Å². The Kier molecular flexibility index (Phi) is 3.82. The van der Waals surface area contributed by atoms with Crippen molar-refractivity contribution in [2.75, 3.05) is 0 Å². The minimum atomic E-state index is -0.503. The molecule has 1 heterocycles. The molecular formula is C20H11ClFNO2. The molecule has 1 aromatic heterocycles. The van der Waals surface area contributed by atoms with Crippen molar-refractivity contribution >= 4 is 28.5 Å². The average Bonchev–Trinajstić information content (AvgIpc) is 3.05. The maximum absolute atomic E-state index is 13.8. The van der Waals surface area contributed by atoms with Gasteiger partial charge in [-0.05, 0) is 54.6 Å². The molecule has 0 saturated carbocycles. The zero-order valence-corrected chi connectivity index (χ0v) is 13.6. The van der Waals surface area contributed by atoms with Crippen LogP contribution in [0.15, 0.2) is 71.1 Å². The first-order valence-electron chi connectivity index (χ1n) is 7.57. The van der Waals surface area contributed by atoms with Crippen LogP contribution in [0.1, 0.15) is 15.9 Å². The number of para-hydroxylation sites is 2. The van der Waals surface area contributed by atoms with E-state index in [-0.39, 0.29) is 17.2 Å². The van der Waals surface area contributed by atoms with Crippen LogP contribution in [0.5, 0.6) is 0 Å². The van der Waals surface area contributed by atoms with E-state index in [9.17, 15) is 9.18 Å². The largest absolute Gasteiger partial charge is 0.436 e. The van der Waals surface area contributed by atoms with Gasteiger partial charge in [-0.3, -0.25) is 4.79 Å². The molecule has 0 amide bonds. The summed E-state index contributed by atoms with van der Waals surface area (Å²) in [6.45, 7) is 0. The molecule has 3 aromatic carbocycles. The van der Waals surface area contributed by atoms with Crippen LogP contribution in [0.25, 0.3) is 22.6 Å². The van der Waals surface area contributed by atoms with Gasteiger partial charge in [-0.1, -0.05) is 23.7 Å². The van der Waals surface area contributed by atoms with Crippen LogP contribution >= 0.6 is 11.6 Å². The van der Waals surface area contributed by atoms with Crippen LogP contribution in [0, 0.1) is 5.82 Å². The summed E-state index contributed by atoms with van der Waals surface area (Å²) in [5.74, 6) is -0.552. The Morgan fingerprint density at radius 2 is 1.76 bits per heavy atom. The van der Waals surface area contributed by atoms with Crippen molar-refractivity contribution < 1.29 is 13.6 Å². The maximum atomic E-state index is 13.8. The molecule has 0 radical (unpaired) electrons. The smallest absolute Gasteiger partial charge is 0.228 e. The lowest BCUT2D eigenvalue weighted by molar-refractivity contribution is 0.103. The molecule has 0 spiro atoms. The van der Waals surface area contributed by atoms with Gasteiger partial charge in [0.1, 0.15) is 11.3 Å². The molecule has 0 aliphatic rings. The quantitative estimate of drug-likeness (QED) is 0.456. The van der Waals surface area contributed by atoms with E-state index in [2.05, 4.69) is 4.98 Å². The number of carbonyl (C=O) groups excluding carboxylic acids is 1. The molecule has 5 heteroatoms. The van der Waals surface area contributed by atoms with Crippen LogP contribution in [0.2, 0.25) is 5.02 Å². The number of oxazole rings is 1. The Morgan fingerprint density at radius 1 is 1.00 bits per heavy atom. The fourth-order valence-corrected chi connectivity index (χ4v) is 2.76. The highest BCUT2D eigenvalue weighted by atomic mass is 35.5. The van der Waals surface area contributed by atoms with Crippen molar-refractivity contribution in [2.24, 2.45) is 0 Å². The Bertz CT molecular complexity index is 1050. The van der Waals surface area contributed by atoms with E-state index in [0.29, 0.717) is 27.2 Å². The maximum Gasteiger partial charge on any atom is 0.228 e. The molecule has 0 saturated heterocycles. The predicted molar refractivity (Wildman–Crippen MR) is 94.3 cm³/mol. The van der Waals surface area contributed by atoms with Crippen LogP contribution in [0.4, 0.5) is 4.39 Å². The summed E-state index contributed by atoms with van der Waals surface area (Å²) in [6, 6.07) is 17.7. The van der Waals surface area contributed by atoms with Crippen molar-refractivity contribution in [3.8, 4) is 11.5 Å². The summed E-state index contributed by atoms with van der Waals surface area (Å²) in [6.07, 6.45) is 0. The second kappa shape index (κ2) is 6.15. The SMILES string of the molecule is O=C(c1ccc(Cl)cc1)c1cc(F)ccc1-c1nc2ccccc2o1. The number of nitrogens with zero attached hydrogens (tertiary/aromatic N) is 1. The normalized spacial score (nSPS) is 11.0. The highest BCUT2D eigenvalue weighted by Gasteiger charge is 2.19. The van der Waals surface area contributed by atoms with Gasteiger partial charge in [0.05, 0.1) is 0 Å². The number of rotatable bonds is 3. The summed E-state index contributed by atoms with van der Waals surface area (Å²) in [4.78, 5) is 17.2. The highest BCUT2D eigenvalue weighted by molar-refractivity contribution is 6.30. The van der Waals surface area contributed by atoms with Crippen molar-refractivity contribution in [3.05, 3.63) is 88.7 Å². The zero-order valence-electron chi connectivity index (χ0n) is 12.9. The van der Waals surface area contributed by atoms with Crippen molar-refractivity contribution in [1.82, 2.24) is 4.98 Å². The van der Waals surface area contributed by atoms with E-state index in [0.717, 1.165) is 0 Å². The van der Waals surface area contributed by atoms with Crippen LogP contribution in [-0.4, -0.2) is 10.8 Å². The number of hydrogen-bond acceptors (Lipinski definition) is 3. The molecule has 0 aliphatic heterocycles. The summed E-state index contributed by atoms with van der Waals surface area (Å²) >= 11 is 5.86. The van der Waals surface area contributed by atoms with Crippen molar-refractivity contribution in [2.45, 2.75) is 0 Å². The second-order valence-electron chi connectivity index (χ2n) is 5.51. The molecule has 0 atom stereocenters. The topological polar surface area (TPSA) is 43.1 Å². The predicted octanol–water partition coefficient (Wildman–Crippen LogP) is 5.52. The Balaban J connectivity index is 1.86. The number of fused-ring (bicyclic) bond motifs is 1. The van der Waals surface area contributed by atoms with E-state index < -0.39 is 5.82 Å². The fourth-order valence-electron chi connectivity index (χ4n) is 2.64. The minimum absolute atomic E-state index is 0.189. The van der Waals surface area contributed by atoms with Crippen molar-refractivity contribution in [1.29, 1.82) is 0 Å². The van der Waals surface area contributed by atoms with Gasteiger partial charge in [0.25, 0.3) is 0 Å². The standard InChI is InChI=1S/C20H11ClFNO2/c21-13-7-5-12(6-8-13)19(24)16-11-14(22)9-10-15(16)20-23-17-3-1-2-4-18(17)25-20/h1-11H. The monoisotopic (exact) mass is 351 g/mol. The van der Waals surface area contributed by atoms with Gasteiger partial charge < -0.3 is 4.42 Å². The first kappa shape index (κ1) is 15.5. The molecule has 3 nitrogen and oxygen atoms in total. The summed E-state index contributed by atoms with van der Waals surface area (Å²) in [5, 5.41) is 0.523. The number of halogens is 2. The number of benzene rings is 3. The van der Waals surface area contributed by atoms with E-state index in [1.807, 2.05) is 18.2 Å². The molecule has 0 N–H and O–H groups in total. The third-order valence-electron chi connectivity index (χ3n) is 3.86. The summed E-state index contributed by atoms with van der Waals surface area (Å²) < 4.78 is 19.5. The van der Waals surface area contributed by atoms with Crippen LogP contribution in [0.3, 0.4) is 0 Å². The number of ketones is 1. The van der Waals surface area contributed by atoms with Crippen molar-refractivity contribution in [3.63, 3.8) is 0 Å². The second-order valence-corrected chi connectivity index (χ2v) is 5.95. The van der Waals surface area contributed by atoms with Gasteiger partial charge >= 0.3 is 0 Å². The molecule has 0 unspecified atom stereocenters. The number of aromatic nitrogens is 1. The van der Waals surface area contributed by atoms with E-state index in [4.69, 9.17) is 16.0 Å². The summed E-state index contributed by atoms with van der Waals surface area (Å²) in [5.41, 5.74) is 2.32. The lowest BCUT2D eigenvalue weighted by Gasteiger charge is -2.06. The molecule has 0 fully saturated rings. The zero-order chi connectivity index (χ0) is 17.4. The molecule has 4 aromatic rings. The number of hydrogen-bond donors (Lipinski definition) is 0. The molecule has 4 rings (SSSR count). The Labute approximate surface area is 147 Å². The first-order chi connectivity index (χ1) is 12.1. The Hall–Kier alpha value is -2.98. The van der Waals surface area contributed by atoms with Gasteiger partial charge in [-0.25, -0.2) is 9.37 Å². The van der Waals surface area contributed by atoms with Gasteiger partial charge in [0, 0.05) is 21.7 Å². The van der Waals surface area contributed by atoms with E-state index in [1.165, 1.54) is 18.2 Å². The Morgan fingerprint density at radius 3 is 2.52 bits per heavy atom. The highest BCUT2D eigenvalue weighted by Crippen LogP contribution is 2.29. The molecular weight excluding hydrogens is 341 g/mol. The average molecular weight is 352 g/mol. The molecule has 25 heavy (non-hydrogen) atoms. The lowest BCUT2D eigenvalue weighted by atomic mass is 9.98. The number of carbonyl (C=O) groups is 1. The third-order valence-corrected chi connectivity index (χ3v) is 4.11. The molecule has 122 valence electrons. The van der Waals surface area contributed by atoms with Gasteiger partial charge in [0.15, 0.2) is 11.4 Å². The molecule has 0 aliphatic carbocycles. The van der Waals surface area contributed by atoms with Crippen LogP contribution in [-0.2, 0) is 0 Å². The first-order valence-corrected chi connectivity index (χ1v) is 7.95. The lowest BCUT2D eigenvalue weighted by Crippen LogP contribution is -2.04.